The zero-order chi connectivity index (χ0) is 17.4. The number of fused-ring (bicyclic) bond motifs is 1. The summed E-state index contributed by atoms with van der Waals surface area (Å²) in [7, 11) is 3.54. The van der Waals surface area contributed by atoms with Gasteiger partial charge in [-0.2, -0.15) is 0 Å². The topological polar surface area (TPSA) is 66.3 Å². The first kappa shape index (κ1) is 16.5. The lowest BCUT2D eigenvalue weighted by atomic mass is 10.0. The van der Waals surface area contributed by atoms with Gasteiger partial charge in [0.15, 0.2) is 0 Å². The number of benzene rings is 1. The molecule has 1 N–H and O–H groups in total. The number of halogens is 2. The van der Waals surface area contributed by atoms with Crippen LogP contribution in [0, 0.1) is 0 Å². The van der Waals surface area contributed by atoms with Crippen LogP contribution in [0.25, 0.3) is 22.2 Å². The summed E-state index contributed by atoms with van der Waals surface area (Å²) in [4.78, 5) is 21.9. The highest BCUT2D eigenvalue weighted by Gasteiger charge is 2.19. The van der Waals surface area contributed by atoms with Crippen molar-refractivity contribution in [3.8, 4) is 11.1 Å². The minimum Gasteiger partial charge on any atom is -0.478 e. The molecule has 0 saturated heterocycles. The SMILES string of the molecule is CN(C)c1c(C(=O)O)cnc2c(-c3cc(Cl)cc(Cl)c3)ccnc12. The highest BCUT2D eigenvalue weighted by Crippen LogP contribution is 2.34. The predicted molar refractivity (Wildman–Crippen MR) is 96.3 cm³/mol. The van der Waals surface area contributed by atoms with Crippen molar-refractivity contribution < 1.29 is 9.90 Å². The lowest BCUT2D eigenvalue weighted by molar-refractivity contribution is 0.0697. The Labute approximate surface area is 148 Å². The zero-order valence-corrected chi connectivity index (χ0v) is 14.4. The Balaban J connectivity index is 2.36. The molecule has 5 nitrogen and oxygen atoms in total. The molecule has 0 bridgehead atoms. The molecular formula is C17H13Cl2N3O2. The molecule has 0 spiro atoms. The fraction of sp³-hybridized carbons (Fsp3) is 0.118. The number of rotatable bonds is 3. The molecule has 24 heavy (non-hydrogen) atoms. The third kappa shape index (κ3) is 2.88. The van der Waals surface area contributed by atoms with Crippen molar-refractivity contribution in [2.75, 3.05) is 19.0 Å². The molecule has 1 aromatic carbocycles. The number of carboxylic acid groups (broad SMARTS) is 1. The van der Waals surface area contributed by atoms with E-state index in [1.807, 2.05) is 0 Å². The maximum atomic E-state index is 11.5. The van der Waals surface area contributed by atoms with E-state index in [1.165, 1.54) is 6.20 Å². The van der Waals surface area contributed by atoms with Crippen LogP contribution >= 0.6 is 23.2 Å². The van der Waals surface area contributed by atoms with E-state index in [1.54, 1.807) is 49.5 Å². The van der Waals surface area contributed by atoms with Gasteiger partial charge in [-0.15, -0.1) is 0 Å². The van der Waals surface area contributed by atoms with Gasteiger partial charge in [0.05, 0.1) is 11.2 Å². The minimum absolute atomic E-state index is 0.0984. The first-order valence-electron chi connectivity index (χ1n) is 7.03. The highest BCUT2D eigenvalue weighted by atomic mass is 35.5. The summed E-state index contributed by atoms with van der Waals surface area (Å²) in [5, 5.41) is 10.4. The molecule has 0 amide bonds. The molecule has 7 heteroatoms. The van der Waals surface area contributed by atoms with Gasteiger partial charge in [-0.1, -0.05) is 23.2 Å². The van der Waals surface area contributed by atoms with Crippen molar-refractivity contribution in [3.05, 3.63) is 52.3 Å². The summed E-state index contributed by atoms with van der Waals surface area (Å²) in [6.07, 6.45) is 2.96. The number of nitrogens with zero attached hydrogens (tertiary/aromatic N) is 3. The van der Waals surface area contributed by atoms with Crippen molar-refractivity contribution >= 4 is 45.9 Å². The average molecular weight is 362 g/mol. The largest absolute Gasteiger partial charge is 0.478 e. The number of hydrogen-bond acceptors (Lipinski definition) is 4. The van der Waals surface area contributed by atoms with E-state index < -0.39 is 5.97 Å². The third-order valence-electron chi connectivity index (χ3n) is 3.58. The lowest BCUT2D eigenvalue weighted by Crippen LogP contribution is -2.15. The van der Waals surface area contributed by atoms with Gasteiger partial charge in [0.1, 0.15) is 11.1 Å². The second-order valence-corrected chi connectivity index (χ2v) is 6.31. The number of aromatic nitrogens is 2. The molecule has 0 aliphatic rings. The Morgan fingerprint density at radius 2 is 1.75 bits per heavy atom. The van der Waals surface area contributed by atoms with Gasteiger partial charge in [-0.05, 0) is 29.8 Å². The second-order valence-electron chi connectivity index (χ2n) is 5.43. The van der Waals surface area contributed by atoms with Gasteiger partial charge in [-0.3, -0.25) is 9.97 Å². The highest BCUT2D eigenvalue weighted by molar-refractivity contribution is 6.35. The molecule has 122 valence electrons. The smallest absolute Gasteiger partial charge is 0.339 e. The van der Waals surface area contributed by atoms with Crippen LogP contribution < -0.4 is 4.90 Å². The predicted octanol–water partition coefficient (Wildman–Crippen LogP) is 4.37. The number of aromatic carboxylic acids is 1. The summed E-state index contributed by atoms with van der Waals surface area (Å²) >= 11 is 12.2. The fourth-order valence-corrected chi connectivity index (χ4v) is 3.15. The zero-order valence-electron chi connectivity index (χ0n) is 12.9. The quantitative estimate of drug-likeness (QED) is 0.750. The molecule has 2 heterocycles. The molecule has 0 radical (unpaired) electrons. The Bertz CT molecular complexity index is 938. The Hall–Kier alpha value is -2.37. The van der Waals surface area contributed by atoms with E-state index in [0.29, 0.717) is 26.8 Å². The van der Waals surface area contributed by atoms with Crippen molar-refractivity contribution in [1.29, 1.82) is 0 Å². The third-order valence-corrected chi connectivity index (χ3v) is 4.01. The number of pyridine rings is 2. The second kappa shape index (κ2) is 6.26. The van der Waals surface area contributed by atoms with Crippen LogP contribution in [0.1, 0.15) is 10.4 Å². The normalized spacial score (nSPS) is 10.8. The van der Waals surface area contributed by atoms with Gasteiger partial charge < -0.3 is 10.0 Å². The van der Waals surface area contributed by atoms with E-state index in [0.717, 1.165) is 11.1 Å². The molecule has 0 unspecified atom stereocenters. The molecule has 0 saturated carbocycles. The summed E-state index contributed by atoms with van der Waals surface area (Å²) < 4.78 is 0. The van der Waals surface area contributed by atoms with Crippen molar-refractivity contribution in [1.82, 2.24) is 9.97 Å². The molecule has 0 atom stereocenters. The maximum absolute atomic E-state index is 11.5. The first-order valence-corrected chi connectivity index (χ1v) is 7.79. The van der Waals surface area contributed by atoms with Crippen LogP contribution in [0.5, 0.6) is 0 Å². The number of hydrogen-bond donors (Lipinski definition) is 1. The van der Waals surface area contributed by atoms with E-state index in [2.05, 4.69) is 9.97 Å². The monoisotopic (exact) mass is 361 g/mol. The first-order chi connectivity index (χ1) is 11.4. The van der Waals surface area contributed by atoms with Gasteiger partial charge in [-0.25, -0.2) is 4.79 Å². The molecule has 3 rings (SSSR count). The van der Waals surface area contributed by atoms with Crippen LogP contribution in [-0.2, 0) is 0 Å². The molecule has 3 aromatic rings. The van der Waals surface area contributed by atoms with Crippen molar-refractivity contribution in [2.45, 2.75) is 0 Å². The molecule has 0 aliphatic heterocycles. The number of carbonyl (C=O) groups is 1. The van der Waals surface area contributed by atoms with Crippen molar-refractivity contribution in [2.24, 2.45) is 0 Å². The van der Waals surface area contributed by atoms with Gasteiger partial charge >= 0.3 is 5.97 Å². The summed E-state index contributed by atoms with van der Waals surface area (Å²) in [6, 6.07) is 7.02. The van der Waals surface area contributed by atoms with Crippen molar-refractivity contribution in [3.63, 3.8) is 0 Å². The van der Waals surface area contributed by atoms with Crippen LogP contribution in [0.4, 0.5) is 5.69 Å². The fourth-order valence-electron chi connectivity index (χ4n) is 2.63. The standard InChI is InChI=1S/C17H13Cl2N3O2/c1-22(2)16-13(17(23)24)8-21-14-12(3-4-20-15(14)16)9-5-10(18)7-11(19)6-9/h3-8H,1-2H3,(H,23,24). The van der Waals surface area contributed by atoms with Crippen LogP contribution in [0.15, 0.2) is 36.7 Å². The van der Waals surface area contributed by atoms with E-state index in [-0.39, 0.29) is 5.56 Å². The summed E-state index contributed by atoms with van der Waals surface area (Å²) in [5.74, 6) is -1.05. The van der Waals surface area contributed by atoms with Crippen LogP contribution in [0.2, 0.25) is 10.0 Å². The van der Waals surface area contributed by atoms with E-state index in [9.17, 15) is 9.90 Å². The lowest BCUT2D eigenvalue weighted by Gasteiger charge is -2.18. The van der Waals surface area contributed by atoms with E-state index in [4.69, 9.17) is 23.2 Å². The summed E-state index contributed by atoms with van der Waals surface area (Å²) in [6.45, 7) is 0. The number of anilines is 1. The van der Waals surface area contributed by atoms with Crippen LogP contribution in [-0.4, -0.2) is 35.1 Å². The van der Waals surface area contributed by atoms with E-state index >= 15 is 0 Å². The van der Waals surface area contributed by atoms with Gasteiger partial charge in [0, 0.05) is 42.1 Å². The van der Waals surface area contributed by atoms with Gasteiger partial charge in [0.2, 0.25) is 0 Å². The maximum Gasteiger partial charge on any atom is 0.339 e. The molecular weight excluding hydrogens is 349 g/mol. The Kier molecular flexibility index (Phi) is 4.30. The van der Waals surface area contributed by atoms with Gasteiger partial charge in [0.25, 0.3) is 0 Å². The molecule has 0 fully saturated rings. The number of carboxylic acids is 1. The summed E-state index contributed by atoms with van der Waals surface area (Å²) in [5.41, 5.74) is 3.27. The average Bonchev–Trinajstić information content (AvgIpc) is 2.51. The molecule has 2 aromatic heterocycles. The van der Waals surface area contributed by atoms with Crippen LogP contribution in [0.3, 0.4) is 0 Å². The molecule has 0 aliphatic carbocycles. The Morgan fingerprint density at radius 1 is 1.08 bits per heavy atom. The minimum atomic E-state index is -1.05. The Morgan fingerprint density at radius 3 is 2.33 bits per heavy atom.